The summed E-state index contributed by atoms with van der Waals surface area (Å²) in [6, 6.07) is -6.19. The molecule has 8 heteroatoms. The Hall–Kier alpha value is -0.440. The van der Waals surface area contributed by atoms with Crippen LogP contribution in [0.4, 0.5) is 0 Å². The molecule has 0 aliphatic carbocycles. The number of carboxylic acid groups (broad SMARTS) is 2. The topological polar surface area (TPSA) is 127 Å². The van der Waals surface area contributed by atoms with Crippen molar-refractivity contribution in [3.63, 3.8) is 0 Å². The van der Waals surface area contributed by atoms with Crippen molar-refractivity contribution >= 4 is 33.5 Å². The average Bonchev–Trinajstić information content (AvgIpc) is 2.25. The minimum Gasteiger partial charge on any atom is -0.480 e. The van der Waals surface area contributed by atoms with Gasteiger partial charge in [0, 0.05) is 16.9 Å². The summed E-state index contributed by atoms with van der Waals surface area (Å²) in [6.07, 6.45) is 0. The Morgan fingerprint density at radius 3 is 1.71 bits per heavy atom. The first-order valence-electron chi connectivity index (χ1n) is 6.01. The molecule has 0 amide bonds. The maximum Gasteiger partial charge on any atom is 0.321 e. The Bertz CT molecular complexity index is 380. The van der Waals surface area contributed by atoms with Crippen LogP contribution in [-0.4, -0.2) is 45.6 Å². The Balaban J connectivity index is 5.11. The molecule has 0 aliphatic rings. The van der Waals surface area contributed by atoms with Crippen molar-refractivity contribution in [2.24, 2.45) is 11.5 Å². The lowest BCUT2D eigenvalue weighted by Crippen LogP contribution is -2.33. The van der Waals surface area contributed by atoms with Gasteiger partial charge in [-0.15, -0.1) is 0 Å². The van der Waals surface area contributed by atoms with Gasteiger partial charge in [-0.25, -0.2) is 0 Å². The Morgan fingerprint density at radius 2 is 1.50 bits per heavy atom. The van der Waals surface area contributed by atoms with E-state index in [0.717, 1.165) is 0 Å². The monoisotopic (exact) mass is 246 g/mol. The molecule has 2 unspecified atom stereocenters. The van der Waals surface area contributed by atoms with Crippen LogP contribution in [0.25, 0.3) is 0 Å². The molecule has 0 fully saturated rings. The van der Waals surface area contributed by atoms with Gasteiger partial charge in [0.1, 0.15) is 12.0 Å². The molecule has 14 heavy (non-hydrogen) atoms. The number of carbonyl (C=O) groups is 2. The molecule has 0 spiro atoms. The lowest BCUT2D eigenvalue weighted by atomic mass is 10.4. The number of aliphatic carboxylic acids is 2. The number of carboxylic acids is 2. The predicted molar refractivity (Wildman–Crippen MR) is 56.1 cm³/mol. The van der Waals surface area contributed by atoms with E-state index < -0.39 is 35.4 Å². The number of nitrogens with two attached hydrogens (primary N) is 2. The molecule has 0 aromatic carbocycles. The average molecular weight is 246 g/mol. The van der Waals surface area contributed by atoms with Crippen molar-refractivity contribution in [3.8, 4) is 0 Å². The summed E-state index contributed by atoms with van der Waals surface area (Å²) in [7, 11) is -0.233. The zero-order valence-electron chi connectivity index (χ0n) is 12.7. The van der Waals surface area contributed by atoms with Crippen LogP contribution in [0, 0.1) is 0 Å². The van der Waals surface area contributed by atoms with Crippen LogP contribution in [0.5, 0.6) is 0 Å². The maximum absolute atomic E-state index is 10.7. The Kier molecular flexibility index (Phi) is 3.07. The lowest BCUT2D eigenvalue weighted by molar-refractivity contribution is -0.138. The molecule has 0 aromatic rings. The smallest absolute Gasteiger partial charge is 0.321 e. The van der Waals surface area contributed by atoms with E-state index in [9.17, 15) is 9.59 Å². The van der Waals surface area contributed by atoms with Crippen molar-refractivity contribution in [1.82, 2.24) is 0 Å². The van der Waals surface area contributed by atoms with Gasteiger partial charge in [-0.1, -0.05) is 21.6 Å². The third kappa shape index (κ3) is 6.08. The SMILES string of the molecule is [2H]C([2H])(SSC([2H])([2H])C([2H])(N)C(=O)O)C([2H])(N)C(=O)O. The highest BCUT2D eigenvalue weighted by Gasteiger charge is 2.14. The third-order valence-electron chi connectivity index (χ3n) is 0.806. The number of rotatable bonds is 7. The molecular formula is C6H12N2O4S2. The zero-order valence-corrected chi connectivity index (χ0v) is 8.32. The predicted octanol–water partition coefficient (Wildman–Crippen LogP) is -0.808. The molecule has 0 aliphatic heterocycles. The van der Waals surface area contributed by atoms with Crippen molar-refractivity contribution < 1.29 is 28.0 Å². The molecule has 2 atom stereocenters. The molecule has 0 saturated carbocycles. The van der Waals surface area contributed by atoms with Gasteiger partial charge in [-0.2, -0.15) is 0 Å². The van der Waals surface area contributed by atoms with Crippen LogP contribution < -0.4 is 11.5 Å². The van der Waals surface area contributed by atoms with Gasteiger partial charge in [0.2, 0.25) is 0 Å². The minimum absolute atomic E-state index is 0.116. The van der Waals surface area contributed by atoms with Gasteiger partial charge >= 0.3 is 11.9 Å². The van der Waals surface area contributed by atoms with Crippen LogP contribution in [0.2, 0.25) is 0 Å². The molecule has 0 saturated heterocycles. The van der Waals surface area contributed by atoms with Gasteiger partial charge in [0.05, 0.1) is 2.74 Å². The summed E-state index contributed by atoms with van der Waals surface area (Å²) >= 11 is 0. The fraction of sp³-hybridized carbons (Fsp3) is 0.667. The molecular weight excluding hydrogens is 228 g/mol. The van der Waals surface area contributed by atoms with Crippen LogP contribution in [0.3, 0.4) is 0 Å². The maximum atomic E-state index is 10.7. The molecule has 0 heterocycles. The molecule has 0 aromatic heterocycles. The zero-order chi connectivity index (χ0) is 16.6. The quantitative estimate of drug-likeness (QED) is 0.430. The van der Waals surface area contributed by atoms with E-state index in [1.807, 2.05) is 0 Å². The Labute approximate surface area is 97.2 Å². The Morgan fingerprint density at radius 1 is 1.21 bits per heavy atom. The molecule has 0 bridgehead atoms. The second kappa shape index (κ2) is 6.93. The van der Waals surface area contributed by atoms with Crippen molar-refractivity contribution in [2.45, 2.75) is 12.0 Å². The van der Waals surface area contributed by atoms with Crippen LogP contribution >= 0.6 is 21.6 Å². The second-order valence-corrected chi connectivity index (χ2v) is 3.55. The molecule has 6 nitrogen and oxygen atoms in total. The van der Waals surface area contributed by atoms with E-state index in [4.69, 9.17) is 29.9 Å². The minimum atomic E-state index is -3.09. The second-order valence-electron chi connectivity index (χ2n) is 1.81. The first-order valence-corrected chi connectivity index (χ1v) is 5.16. The normalized spacial score (nSPS) is 27.6. The van der Waals surface area contributed by atoms with E-state index >= 15 is 0 Å². The van der Waals surface area contributed by atoms with E-state index in [1.165, 1.54) is 0 Å². The summed E-state index contributed by atoms with van der Waals surface area (Å²) in [5, 5.41) is 17.3. The van der Waals surface area contributed by atoms with Crippen LogP contribution in [0.15, 0.2) is 0 Å². The summed E-state index contributed by atoms with van der Waals surface area (Å²) in [5.41, 5.74) is 4.02. The van der Waals surface area contributed by atoms with Gasteiger partial charge in [0.15, 0.2) is 0 Å². The fourth-order valence-electron chi connectivity index (χ4n) is 0.219. The number of hydrogen-bond donors (Lipinski definition) is 4. The van der Waals surface area contributed by atoms with Gasteiger partial charge in [-0.3, -0.25) is 9.59 Å². The highest BCUT2D eigenvalue weighted by Crippen LogP contribution is 2.22. The van der Waals surface area contributed by atoms with Gasteiger partial charge in [0.25, 0.3) is 0 Å². The first kappa shape index (κ1) is 6.21. The molecule has 0 radical (unpaired) electrons. The third-order valence-corrected chi connectivity index (χ3v) is 2.25. The van der Waals surface area contributed by atoms with Crippen LogP contribution in [0.1, 0.15) is 8.22 Å². The standard InChI is InChI=1S/C6H12N2O4S2/c7-3(5(9)10)1-13-14-2-4(8)6(11)12/h3-4H,1-2,7-8H2,(H,9,10)(H,11,12)/i1D2,2D2,3D,4D. The van der Waals surface area contributed by atoms with Crippen molar-refractivity contribution in [3.05, 3.63) is 0 Å². The highest BCUT2D eigenvalue weighted by molar-refractivity contribution is 8.76. The summed E-state index contributed by atoms with van der Waals surface area (Å²) < 4.78 is 43.8. The lowest BCUT2D eigenvalue weighted by Gasteiger charge is -2.07. The van der Waals surface area contributed by atoms with E-state index in [-0.39, 0.29) is 21.6 Å². The van der Waals surface area contributed by atoms with E-state index in [0.29, 0.717) is 0 Å². The first-order chi connectivity index (χ1) is 8.59. The summed E-state index contributed by atoms with van der Waals surface area (Å²) in [4.78, 5) is 21.3. The summed E-state index contributed by atoms with van der Waals surface area (Å²) in [6.45, 7) is 0. The molecule has 6 N–H and O–H groups in total. The van der Waals surface area contributed by atoms with Gasteiger partial charge in [-0.05, 0) is 0 Å². The van der Waals surface area contributed by atoms with Crippen LogP contribution in [-0.2, 0) is 9.59 Å². The van der Waals surface area contributed by atoms with E-state index in [1.54, 1.807) is 0 Å². The largest absolute Gasteiger partial charge is 0.480 e. The van der Waals surface area contributed by atoms with Gasteiger partial charge < -0.3 is 21.7 Å². The van der Waals surface area contributed by atoms with E-state index in [2.05, 4.69) is 0 Å². The highest BCUT2D eigenvalue weighted by atomic mass is 33.1. The molecule has 82 valence electrons. The van der Waals surface area contributed by atoms with Crippen molar-refractivity contribution in [1.29, 1.82) is 0 Å². The summed E-state index contributed by atoms with van der Waals surface area (Å²) in [5.74, 6) is -3.97. The fourth-order valence-corrected chi connectivity index (χ4v) is 1.44. The number of hydrogen-bond acceptors (Lipinski definition) is 6. The van der Waals surface area contributed by atoms with Crippen molar-refractivity contribution in [2.75, 3.05) is 11.4 Å². The molecule has 0 rings (SSSR count).